The Kier molecular flexibility index (Phi) is 4.40. The molecule has 1 saturated heterocycles. The smallest absolute Gasteiger partial charge is 0.119 e. The van der Waals surface area contributed by atoms with Crippen LogP contribution in [0.4, 0.5) is 0 Å². The van der Waals surface area contributed by atoms with E-state index in [9.17, 15) is 5.11 Å². The van der Waals surface area contributed by atoms with Gasteiger partial charge in [-0.05, 0) is 44.0 Å². The van der Waals surface area contributed by atoms with Gasteiger partial charge in [0.05, 0.1) is 13.2 Å². The number of benzene rings is 1. The van der Waals surface area contributed by atoms with Crippen LogP contribution in [-0.2, 0) is 6.54 Å². The van der Waals surface area contributed by atoms with Crippen LogP contribution in [0.15, 0.2) is 24.3 Å². The summed E-state index contributed by atoms with van der Waals surface area (Å²) in [4.78, 5) is 2.36. The van der Waals surface area contributed by atoms with Crippen molar-refractivity contribution in [3.63, 3.8) is 0 Å². The molecule has 1 fully saturated rings. The molecule has 0 radical (unpaired) electrons. The highest BCUT2D eigenvalue weighted by atomic mass is 16.5. The Morgan fingerprint density at radius 3 is 2.76 bits per heavy atom. The molecule has 1 aliphatic heterocycles. The number of likely N-dealkylation sites (tertiary alicyclic amines) is 1. The molecule has 0 spiro atoms. The summed E-state index contributed by atoms with van der Waals surface area (Å²) in [5.41, 5.74) is 1.29. The third kappa shape index (κ3) is 3.20. The van der Waals surface area contributed by atoms with Crippen molar-refractivity contribution < 1.29 is 9.84 Å². The van der Waals surface area contributed by atoms with E-state index in [-0.39, 0.29) is 6.61 Å². The molecule has 0 bridgehead atoms. The van der Waals surface area contributed by atoms with Gasteiger partial charge in [-0.3, -0.25) is 4.90 Å². The van der Waals surface area contributed by atoms with Crippen LogP contribution in [-0.4, -0.2) is 35.8 Å². The van der Waals surface area contributed by atoms with E-state index < -0.39 is 0 Å². The van der Waals surface area contributed by atoms with Crippen LogP contribution in [0.3, 0.4) is 0 Å². The van der Waals surface area contributed by atoms with E-state index in [0.29, 0.717) is 12.6 Å². The van der Waals surface area contributed by atoms with Gasteiger partial charge in [0.1, 0.15) is 5.75 Å². The quantitative estimate of drug-likeness (QED) is 0.847. The number of nitrogens with zero attached hydrogens (tertiary/aromatic N) is 1. The van der Waals surface area contributed by atoms with Crippen molar-refractivity contribution in [3.05, 3.63) is 29.8 Å². The van der Waals surface area contributed by atoms with Crippen molar-refractivity contribution in [1.82, 2.24) is 4.90 Å². The summed E-state index contributed by atoms with van der Waals surface area (Å²) < 4.78 is 5.42. The van der Waals surface area contributed by atoms with Gasteiger partial charge in [0.15, 0.2) is 0 Å². The van der Waals surface area contributed by atoms with Crippen LogP contribution in [0.25, 0.3) is 0 Å². The van der Waals surface area contributed by atoms with Crippen LogP contribution in [0.1, 0.15) is 25.3 Å². The van der Waals surface area contributed by atoms with E-state index >= 15 is 0 Å². The first-order valence-electron chi connectivity index (χ1n) is 6.40. The van der Waals surface area contributed by atoms with Gasteiger partial charge in [-0.15, -0.1) is 0 Å². The zero-order valence-electron chi connectivity index (χ0n) is 10.4. The highest BCUT2D eigenvalue weighted by Gasteiger charge is 2.23. The molecule has 1 atom stereocenters. The predicted octanol–water partition coefficient (Wildman–Crippen LogP) is 2.04. The lowest BCUT2D eigenvalue weighted by Crippen LogP contribution is -2.31. The molecule has 1 aromatic rings. The minimum absolute atomic E-state index is 0.275. The van der Waals surface area contributed by atoms with Gasteiger partial charge in [0, 0.05) is 12.6 Å². The molecule has 17 heavy (non-hydrogen) atoms. The van der Waals surface area contributed by atoms with E-state index in [1.165, 1.54) is 12.0 Å². The maximum atomic E-state index is 9.27. The Morgan fingerprint density at radius 1 is 1.35 bits per heavy atom. The Morgan fingerprint density at radius 2 is 2.12 bits per heavy atom. The first kappa shape index (κ1) is 12.4. The summed E-state index contributed by atoms with van der Waals surface area (Å²) in [7, 11) is 0. The Hall–Kier alpha value is -1.06. The van der Waals surface area contributed by atoms with Crippen LogP contribution in [0.5, 0.6) is 5.75 Å². The minimum atomic E-state index is 0.275. The lowest BCUT2D eigenvalue weighted by atomic mass is 10.2. The lowest BCUT2D eigenvalue weighted by molar-refractivity contribution is 0.153. The molecule has 0 aliphatic carbocycles. The number of hydrogen-bond acceptors (Lipinski definition) is 3. The summed E-state index contributed by atoms with van der Waals surface area (Å²) in [5, 5.41) is 9.27. The van der Waals surface area contributed by atoms with Crippen molar-refractivity contribution in [2.75, 3.05) is 19.8 Å². The summed E-state index contributed by atoms with van der Waals surface area (Å²) in [6, 6.07) is 8.60. The van der Waals surface area contributed by atoms with E-state index in [1.54, 1.807) is 0 Å². The molecular weight excluding hydrogens is 214 g/mol. The van der Waals surface area contributed by atoms with Crippen molar-refractivity contribution in [2.24, 2.45) is 0 Å². The van der Waals surface area contributed by atoms with Gasteiger partial charge >= 0.3 is 0 Å². The van der Waals surface area contributed by atoms with Crippen molar-refractivity contribution >= 4 is 0 Å². The second-order valence-corrected chi connectivity index (χ2v) is 4.53. The van der Waals surface area contributed by atoms with Gasteiger partial charge in [0.25, 0.3) is 0 Å². The second-order valence-electron chi connectivity index (χ2n) is 4.53. The van der Waals surface area contributed by atoms with Gasteiger partial charge in [-0.25, -0.2) is 0 Å². The normalized spacial score (nSPS) is 20.7. The van der Waals surface area contributed by atoms with E-state index in [0.717, 1.165) is 25.3 Å². The topological polar surface area (TPSA) is 32.7 Å². The maximum Gasteiger partial charge on any atom is 0.119 e. The van der Waals surface area contributed by atoms with Gasteiger partial charge in [-0.1, -0.05) is 12.1 Å². The highest BCUT2D eigenvalue weighted by molar-refractivity contribution is 5.27. The highest BCUT2D eigenvalue weighted by Crippen LogP contribution is 2.20. The standard InChI is InChI=1S/C14H21NO2/c1-2-17-14-7-5-12(6-8-14)10-15-9-3-4-13(15)11-16/h5-8,13,16H,2-4,9-11H2,1H3/t13-/m0/s1. The SMILES string of the molecule is CCOc1ccc(CN2CCC[C@H]2CO)cc1. The van der Waals surface area contributed by atoms with Crippen LogP contribution < -0.4 is 4.74 Å². The van der Waals surface area contributed by atoms with Crippen molar-refractivity contribution in [3.8, 4) is 5.75 Å². The zero-order chi connectivity index (χ0) is 12.1. The summed E-state index contributed by atoms with van der Waals surface area (Å²) in [5.74, 6) is 0.927. The largest absolute Gasteiger partial charge is 0.494 e. The molecule has 1 heterocycles. The third-order valence-corrected chi connectivity index (χ3v) is 3.33. The Labute approximate surface area is 103 Å². The number of rotatable bonds is 5. The zero-order valence-corrected chi connectivity index (χ0v) is 10.4. The van der Waals surface area contributed by atoms with E-state index in [2.05, 4.69) is 17.0 Å². The third-order valence-electron chi connectivity index (χ3n) is 3.33. The maximum absolute atomic E-state index is 9.27. The number of aliphatic hydroxyl groups is 1. The average molecular weight is 235 g/mol. The molecule has 0 unspecified atom stereocenters. The summed E-state index contributed by atoms with van der Waals surface area (Å²) in [6.45, 7) is 5.00. The van der Waals surface area contributed by atoms with Crippen LogP contribution >= 0.6 is 0 Å². The average Bonchev–Trinajstić information content (AvgIpc) is 2.79. The monoisotopic (exact) mass is 235 g/mol. The second kappa shape index (κ2) is 6.03. The number of hydrogen-bond donors (Lipinski definition) is 1. The first-order chi connectivity index (χ1) is 8.33. The number of aliphatic hydroxyl groups excluding tert-OH is 1. The fourth-order valence-electron chi connectivity index (χ4n) is 2.40. The molecule has 94 valence electrons. The van der Waals surface area contributed by atoms with Crippen LogP contribution in [0.2, 0.25) is 0 Å². The number of ether oxygens (including phenoxy) is 1. The molecule has 3 heteroatoms. The molecule has 0 saturated carbocycles. The van der Waals surface area contributed by atoms with Crippen molar-refractivity contribution in [2.45, 2.75) is 32.4 Å². The predicted molar refractivity (Wildman–Crippen MR) is 68.1 cm³/mol. The molecule has 0 amide bonds. The van der Waals surface area contributed by atoms with Gasteiger partial charge in [-0.2, -0.15) is 0 Å². The van der Waals surface area contributed by atoms with Gasteiger partial charge < -0.3 is 9.84 Å². The van der Waals surface area contributed by atoms with Gasteiger partial charge in [0.2, 0.25) is 0 Å². The van der Waals surface area contributed by atoms with E-state index in [1.807, 2.05) is 19.1 Å². The molecule has 1 N–H and O–H groups in total. The fraction of sp³-hybridized carbons (Fsp3) is 0.571. The van der Waals surface area contributed by atoms with Crippen LogP contribution in [0, 0.1) is 0 Å². The molecule has 1 aliphatic rings. The molecular formula is C14H21NO2. The minimum Gasteiger partial charge on any atom is -0.494 e. The molecule has 2 rings (SSSR count). The first-order valence-corrected chi connectivity index (χ1v) is 6.40. The van der Waals surface area contributed by atoms with E-state index in [4.69, 9.17) is 4.74 Å². The summed E-state index contributed by atoms with van der Waals surface area (Å²) in [6.07, 6.45) is 2.32. The Balaban J connectivity index is 1.94. The Bertz CT molecular complexity index is 337. The summed E-state index contributed by atoms with van der Waals surface area (Å²) >= 11 is 0. The lowest BCUT2D eigenvalue weighted by Gasteiger charge is -2.22. The van der Waals surface area contributed by atoms with Crippen molar-refractivity contribution in [1.29, 1.82) is 0 Å². The molecule has 3 nitrogen and oxygen atoms in total. The molecule has 1 aromatic carbocycles. The molecule has 0 aromatic heterocycles. The fourth-order valence-corrected chi connectivity index (χ4v) is 2.40.